The molecule has 0 amide bonds. The molecule has 1 aliphatic rings. The molecule has 3 heteroatoms. The quantitative estimate of drug-likeness (QED) is 0.536. The predicted molar refractivity (Wildman–Crippen MR) is 52.1 cm³/mol. The first kappa shape index (κ1) is 8.57. The first-order valence-corrected chi connectivity index (χ1v) is 4.60. The lowest BCUT2D eigenvalue weighted by molar-refractivity contribution is 0.131. The summed E-state index contributed by atoms with van der Waals surface area (Å²) in [6.45, 7) is 0. The molecule has 67 valence electrons. The zero-order valence-corrected chi connectivity index (χ0v) is 7.79. The van der Waals surface area contributed by atoms with E-state index in [1.165, 1.54) is 0 Å². The average molecular weight is 195 g/mol. The smallest absolute Gasteiger partial charge is 0.139 e. The van der Waals surface area contributed by atoms with Crippen molar-refractivity contribution in [2.24, 2.45) is 5.16 Å². The molecule has 0 aliphatic heterocycles. The molecule has 1 aromatic rings. The number of benzene rings is 1. The Kier molecular flexibility index (Phi) is 2.50. The van der Waals surface area contributed by atoms with Gasteiger partial charge in [0.2, 0.25) is 0 Å². The van der Waals surface area contributed by atoms with E-state index < -0.39 is 0 Å². The van der Waals surface area contributed by atoms with Gasteiger partial charge in [0.1, 0.15) is 12.3 Å². The van der Waals surface area contributed by atoms with Gasteiger partial charge in [0.05, 0.1) is 0 Å². The van der Waals surface area contributed by atoms with Gasteiger partial charge in [-0.3, -0.25) is 0 Å². The highest BCUT2D eigenvalue weighted by Crippen LogP contribution is 2.23. The number of halogens is 1. The van der Waals surface area contributed by atoms with Crippen molar-refractivity contribution in [3.8, 4) is 0 Å². The maximum Gasteiger partial charge on any atom is 0.139 e. The summed E-state index contributed by atoms with van der Waals surface area (Å²) in [6, 6.07) is 7.35. The van der Waals surface area contributed by atoms with Gasteiger partial charge < -0.3 is 4.84 Å². The molecule has 0 saturated heterocycles. The number of hydrogen-bond acceptors (Lipinski definition) is 2. The molecule has 1 aliphatic carbocycles. The SMILES string of the molecule is Clc1cccc(/[C]=N/OC2CC2)c1. The minimum Gasteiger partial charge on any atom is -0.392 e. The van der Waals surface area contributed by atoms with Gasteiger partial charge in [-0.2, -0.15) is 0 Å². The van der Waals surface area contributed by atoms with Gasteiger partial charge in [-0.25, -0.2) is 0 Å². The monoisotopic (exact) mass is 194 g/mol. The molecule has 2 nitrogen and oxygen atoms in total. The van der Waals surface area contributed by atoms with Gasteiger partial charge in [0, 0.05) is 10.6 Å². The maximum absolute atomic E-state index is 5.78. The summed E-state index contributed by atoms with van der Waals surface area (Å²) < 4.78 is 0. The van der Waals surface area contributed by atoms with E-state index in [9.17, 15) is 0 Å². The van der Waals surface area contributed by atoms with Crippen LogP contribution in [-0.2, 0) is 4.84 Å². The van der Waals surface area contributed by atoms with E-state index in [4.69, 9.17) is 16.4 Å². The highest BCUT2D eigenvalue weighted by molar-refractivity contribution is 6.30. The lowest BCUT2D eigenvalue weighted by Crippen LogP contribution is -1.86. The molecular formula is C10H9ClNO. The molecule has 0 atom stereocenters. The third-order valence-corrected chi connectivity index (χ3v) is 1.96. The van der Waals surface area contributed by atoms with Crippen molar-refractivity contribution < 1.29 is 4.84 Å². The van der Waals surface area contributed by atoms with Crippen LogP contribution in [0.1, 0.15) is 18.4 Å². The molecule has 0 unspecified atom stereocenters. The molecule has 0 bridgehead atoms. The molecule has 0 spiro atoms. The van der Waals surface area contributed by atoms with Gasteiger partial charge in [0.15, 0.2) is 0 Å². The first-order chi connectivity index (χ1) is 6.34. The summed E-state index contributed by atoms with van der Waals surface area (Å²) in [5.41, 5.74) is 0.841. The van der Waals surface area contributed by atoms with E-state index in [0.717, 1.165) is 18.4 Å². The molecule has 1 radical (unpaired) electrons. The molecule has 13 heavy (non-hydrogen) atoms. The van der Waals surface area contributed by atoms with Crippen LogP contribution >= 0.6 is 11.6 Å². The molecule has 2 rings (SSSR count). The van der Waals surface area contributed by atoms with E-state index in [-0.39, 0.29) is 0 Å². The molecule has 0 aromatic heterocycles. The molecule has 0 heterocycles. The second-order valence-corrected chi connectivity index (χ2v) is 3.45. The minimum absolute atomic E-state index is 0.326. The predicted octanol–water partition coefficient (Wildman–Crippen LogP) is 2.73. The minimum atomic E-state index is 0.326. The van der Waals surface area contributed by atoms with Crippen molar-refractivity contribution in [2.45, 2.75) is 18.9 Å². The summed E-state index contributed by atoms with van der Waals surface area (Å²) in [6.07, 6.45) is 5.32. The van der Waals surface area contributed by atoms with Crippen LogP contribution < -0.4 is 0 Å². The van der Waals surface area contributed by atoms with Crippen LogP contribution in [0.5, 0.6) is 0 Å². The highest BCUT2D eigenvalue weighted by atomic mass is 35.5. The van der Waals surface area contributed by atoms with Crippen molar-refractivity contribution in [3.05, 3.63) is 34.9 Å². The van der Waals surface area contributed by atoms with Gasteiger partial charge in [-0.05, 0) is 25.0 Å². The molecule has 1 fully saturated rings. The van der Waals surface area contributed by atoms with E-state index >= 15 is 0 Å². The van der Waals surface area contributed by atoms with Crippen molar-refractivity contribution in [2.75, 3.05) is 0 Å². The lowest BCUT2D eigenvalue weighted by Gasteiger charge is -1.93. The van der Waals surface area contributed by atoms with Crippen LogP contribution in [-0.4, -0.2) is 12.3 Å². The van der Waals surface area contributed by atoms with Crippen LogP contribution in [0.15, 0.2) is 29.4 Å². The summed E-state index contributed by atoms with van der Waals surface area (Å²) in [5.74, 6) is 0. The maximum atomic E-state index is 5.78. The van der Waals surface area contributed by atoms with Crippen molar-refractivity contribution >= 4 is 17.8 Å². The Bertz CT molecular complexity index is 320. The second-order valence-electron chi connectivity index (χ2n) is 3.02. The van der Waals surface area contributed by atoms with Gasteiger partial charge in [-0.15, -0.1) is 0 Å². The van der Waals surface area contributed by atoms with Gasteiger partial charge in [0.25, 0.3) is 0 Å². The van der Waals surface area contributed by atoms with Crippen LogP contribution in [0, 0.1) is 0 Å². The first-order valence-electron chi connectivity index (χ1n) is 4.22. The number of nitrogens with zero attached hydrogens (tertiary/aromatic N) is 1. The fourth-order valence-corrected chi connectivity index (χ4v) is 1.08. The number of rotatable bonds is 3. The van der Waals surface area contributed by atoms with Crippen LogP contribution in [0.4, 0.5) is 0 Å². The molecule has 0 N–H and O–H groups in total. The standard InChI is InChI=1S/C10H9ClNO/c11-9-3-1-2-8(6-9)7-12-13-10-4-5-10/h1-3,6,10H,4-5H2. The Morgan fingerprint density at radius 1 is 1.46 bits per heavy atom. The van der Waals surface area contributed by atoms with E-state index in [0.29, 0.717) is 11.1 Å². The number of hydrogen-bond donors (Lipinski definition) is 0. The van der Waals surface area contributed by atoms with Crippen LogP contribution in [0.3, 0.4) is 0 Å². The van der Waals surface area contributed by atoms with Gasteiger partial charge in [-0.1, -0.05) is 28.9 Å². The molecular weight excluding hydrogens is 186 g/mol. The lowest BCUT2D eigenvalue weighted by atomic mass is 10.2. The van der Waals surface area contributed by atoms with E-state index in [1.807, 2.05) is 18.2 Å². The van der Waals surface area contributed by atoms with Crippen LogP contribution in [0.2, 0.25) is 5.02 Å². The largest absolute Gasteiger partial charge is 0.392 e. The Morgan fingerprint density at radius 3 is 3.00 bits per heavy atom. The Hall–Kier alpha value is -1.02. The van der Waals surface area contributed by atoms with Crippen molar-refractivity contribution in [3.63, 3.8) is 0 Å². The Balaban J connectivity index is 1.95. The second kappa shape index (κ2) is 3.79. The normalized spacial score (nSPS) is 16.4. The summed E-state index contributed by atoms with van der Waals surface area (Å²) in [5, 5.41) is 4.42. The van der Waals surface area contributed by atoms with E-state index in [2.05, 4.69) is 11.4 Å². The topological polar surface area (TPSA) is 21.6 Å². The Morgan fingerprint density at radius 2 is 2.31 bits per heavy atom. The fourth-order valence-electron chi connectivity index (χ4n) is 0.885. The Labute approximate surface area is 82.2 Å². The molecule has 1 aromatic carbocycles. The van der Waals surface area contributed by atoms with E-state index in [1.54, 1.807) is 6.07 Å². The molecule has 1 saturated carbocycles. The summed E-state index contributed by atoms with van der Waals surface area (Å²) in [7, 11) is 0. The summed E-state index contributed by atoms with van der Waals surface area (Å²) >= 11 is 5.78. The van der Waals surface area contributed by atoms with Gasteiger partial charge >= 0.3 is 0 Å². The fraction of sp³-hybridized carbons (Fsp3) is 0.300. The zero-order chi connectivity index (χ0) is 9.10. The van der Waals surface area contributed by atoms with Crippen LogP contribution in [0.25, 0.3) is 0 Å². The zero-order valence-electron chi connectivity index (χ0n) is 7.03. The van der Waals surface area contributed by atoms with Crippen molar-refractivity contribution in [1.82, 2.24) is 0 Å². The third-order valence-electron chi connectivity index (χ3n) is 1.73. The third kappa shape index (κ3) is 2.74. The average Bonchev–Trinajstić information content (AvgIpc) is 2.88. The highest BCUT2D eigenvalue weighted by Gasteiger charge is 2.23. The van der Waals surface area contributed by atoms with Crippen molar-refractivity contribution in [1.29, 1.82) is 0 Å². The summed E-state index contributed by atoms with van der Waals surface area (Å²) in [4.78, 5) is 5.07.